The van der Waals surface area contributed by atoms with Gasteiger partial charge in [0.1, 0.15) is 16.7 Å². The molecule has 3 heterocycles. The van der Waals surface area contributed by atoms with Gasteiger partial charge in [-0.25, -0.2) is 15.0 Å². The predicted octanol–water partition coefficient (Wildman–Crippen LogP) is 4.07. The van der Waals surface area contributed by atoms with Crippen LogP contribution >= 0.6 is 11.6 Å². The minimum absolute atomic E-state index is 0.452. The number of halogens is 1. The normalized spacial score (nSPS) is 11.7. The number of rotatable bonds is 5. The fourth-order valence-corrected chi connectivity index (χ4v) is 3.42. The second kappa shape index (κ2) is 7.32. The average molecular weight is 379 g/mol. The van der Waals surface area contributed by atoms with Crippen LogP contribution in [0.5, 0.6) is 0 Å². The molecule has 1 aromatic carbocycles. The van der Waals surface area contributed by atoms with Gasteiger partial charge < -0.3 is 9.13 Å². The van der Waals surface area contributed by atoms with Crippen molar-refractivity contribution in [2.45, 2.75) is 20.0 Å². The van der Waals surface area contributed by atoms with E-state index in [1.165, 1.54) is 0 Å². The first-order valence-corrected chi connectivity index (χ1v) is 9.12. The molecular formula is C20H19ClN6. The predicted molar refractivity (Wildman–Crippen MR) is 108 cm³/mol. The summed E-state index contributed by atoms with van der Waals surface area (Å²) < 4.78 is 4.26. The molecule has 0 N–H and O–H groups in total. The van der Waals surface area contributed by atoms with Gasteiger partial charge in [0.05, 0.1) is 17.6 Å². The van der Waals surface area contributed by atoms with Crippen molar-refractivity contribution in [2.24, 2.45) is 4.99 Å². The average Bonchev–Trinajstić information content (AvgIpc) is 3.25. The zero-order valence-corrected chi connectivity index (χ0v) is 15.9. The summed E-state index contributed by atoms with van der Waals surface area (Å²) in [4.78, 5) is 17.8. The first kappa shape index (κ1) is 17.4. The van der Waals surface area contributed by atoms with E-state index >= 15 is 0 Å². The number of aromatic nitrogens is 5. The highest BCUT2D eigenvalue weighted by Crippen LogP contribution is 2.21. The Bertz CT molecular complexity index is 1120. The molecule has 7 heteroatoms. The lowest BCUT2D eigenvalue weighted by atomic mass is 10.2. The highest BCUT2D eigenvalue weighted by molar-refractivity contribution is 6.29. The van der Waals surface area contributed by atoms with E-state index in [0.29, 0.717) is 11.7 Å². The Morgan fingerprint density at radius 1 is 1.19 bits per heavy atom. The molecule has 136 valence electrons. The van der Waals surface area contributed by atoms with Gasteiger partial charge in [-0.3, -0.25) is 4.99 Å². The maximum absolute atomic E-state index is 6.04. The van der Waals surface area contributed by atoms with Crippen molar-refractivity contribution >= 4 is 28.8 Å². The molecule has 27 heavy (non-hydrogen) atoms. The number of imidazole rings is 2. The summed E-state index contributed by atoms with van der Waals surface area (Å²) in [6.45, 7) is 3.56. The molecule has 0 radical (unpaired) electrons. The Morgan fingerprint density at radius 2 is 2.07 bits per heavy atom. The monoisotopic (exact) mass is 378 g/mol. The molecule has 4 rings (SSSR count). The highest BCUT2D eigenvalue weighted by atomic mass is 35.5. The van der Waals surface area contributed by atoms with Gasteiger partial charge in [0.2, 0.25) is 0 Å². The minimum atomic E-state index is 0.452. The van der Waals surface area contributed by atoms with Gasteiger partial charge in [0.15, 0.2) is 5.82 Å². The lowest BCUT2D eigenvalue weighted by molar-refractivity contribution is 0.666. The largest absolute Gasteiger partial charge is 0.327 e. The maximum Gasteiger partial charge on any atom is 0.159 e. The Hall–Kier alpha value is -2.99. The van der Waals surface area contributed by atoms with Crippen LogP contribution in [0.15, 0.2) is 53.8 Å². The zero-order valence-electron chi connectivity index (χ0n) is 15.2. The van der Waals surface area contributed by atoms with Crippen LogP contribution in [0.1, 0.15) is 18.3 Å². The lowest BCUT2D eigenvalue weighted by Gasteiger charge is -2.09. The lowest BCUT2D eigenvalue weighted by Crippen LogP contribution is -2.09. The van der Waals surface area contributed by atoms with E-state index in [0.717, 1.165) is 40.5 Å². The van der Waals surface area contributed by atoms with Gasteiger partial charge in [0, 0.05) is 32.2 Å². The summed E-state index contributed by atoms with van der Waals surface area (Å²) in [6.07, 6.45) is 5.54. The molecule has 0 aliphatic heterocycles. The maximum atomic E-state index is 6.04. The van der Waals surface area contributed by atoms with Crippen LogP contribution in [-0.2, 0) is 13.1 Å². The molecule has 0 bridgehead atoms. The molecule has 0 atom stereocenters. The summed E-state index contributed by atoms with van der Waals surface area (Å²) in [6, 6.07) is 11.8. The third-order valence-electron chi connectivity index (χ3n) is 4.42. The van der Waals surface area contributed by atoms with E-state index in [1.54, 1.807) is 19.3 Å². The fourth-order valence-electron chi connectivity index (χ4n) is 3.25. The number of hydrogen-bond donors (Lipinski definition) is 0. The molecule has 0 spiro atoms. The van der Waals surface area contributed by atoms with Crippen molar-refractivity contribution in [2.75, 3.05) is 7.05 Å². The minimum Gasteiger partial charge on any atom is -0.327 e. The third-order valence-corrected chi connectivity index (χ3v) is 4.63. The van der Waals surface area contributed by atoms with E-state index in [1.807, 2.05) is 29.1 Å². The van der Waals surface area contributed by atoms with Crippen LogP contribution in [-0.4, -0.2) is 37.3 Å². The molecule has 6 nitrogen and oxygen atoms in total. The molecule has 4 aromatic rings. The van der Waals surface area contributed by atoms with Crippen molar-refractivity contribution < 1.29 is 0 Å². The van der Waals surface area contributed by atoms with Crippen molar-refractivity contribution in [1.82, 2.24) is 24.1 Å². The molecule has 0 aliphatic carbocycles. The Morgan fingerprint density at radius 3 is 2.85 bits per heavy atom. The smallest absolute Gasteiger partial charge is 0.159 e. The summed E-state index contributed by atoms with van der Waals surface area (Å²) >= 11 is 6.04. The molecule has 3 aromatic heterocycles. The number of fused-ring (bicyclic) bond motifs is 1. The van der Waals surface area contributed by atoms with Crippen molar-refractivity contribution in [3.63, 3.8) is 0 Å². The van der Waals surface area contributed by atoms with Crippen molar-refractivity contribution in [3.8, 4) is 11.5 Å². The fraction of sp³-hybridized carbons (Fsp3) is 0.200. The quantitative estimate of drug-likeness (QED) is 0.388. The molecule has 0 fully saturated rings. The molecule has 0 saturated carbocycles. The van der Waals surface area contributed by atoms with E-state index in [2.05, 4.69) is 44.7 Å². The van der Waals surface area contributed by atoms with Gasteiger partial charge >= 0.3 is 0 Å². The third kappa shape index (κ3) is 3.36. The molecule has 0 amide bonds. The van der Waals surface area contributed by atoms with E-state index in [-0.39, 0.29) is 0 Å². The first-order chi connectivity index (χ1) is 13.2. The first-order valence-electron chi connectivity index (χ1n) is 8.75. The number of benzene rings is 1. The van der Waals surface area contributed by atoms with Crippen LogP contribution in [0.3, 0.4) is 0 Å². The SMILES string of the molecule is CCn1c(Cn2ccnc2-c2cccc(Cl)n2)nc2cc(C=NC)ccc21. The number of hydrogen-bond acceptors (Lipinski definition) is 4. The Balaban J connectivity index is 1.75. The van der Waals surface area contributed by atoms with Gasteiger partial charge in [-0.05, 0) is 36.8 Å². The number of aryl methyl sites for hydroxylation is 1. The van der Waals surface area contributed by atoms with Crippen LogP contribution < -0.4 is 0 Å². The highest BCUT2D eigenvalue weighted by Gasteiger charge is 2.14. The van der Waals surface area contributed by atoms with Crippen molar-refractivity contribution in [3.05, 3.63) is 65.3 Å². The van der Waals surface area contributed by atoms with Gasteiger partial charge in [-0.15, -0.1) is 0 Å². The van der Waals surface area contributed by atoms with Crippen LogP contribution in [0.2, 0.25) is 5.15 Å². The summed E-state index contributed by atoms with van der Waals surface area (Å²) in [5.74, 6) is 1.74. The summed E-state index contributed by atoms with van der Waals surface area (Å²) in [5.41, 5.74) is 3.87. The molecule has 0 unspecified atom stereocenters. The summed E-state index contributed by atoms with van der Waals surface area (Å²) in [5, 5.41) is 0.452. The molecular weight excluding hydrogens is 360 g/mol. The standard InChI is InChI=1S/C20H19ClN6/c1-3-27-17-8-7-14(12-22-2)11-16(17)25-19(27)13-26-10-9-23-20(26)15-5-4-6-18(21)24-15/h4-12H,3,13H2,1-2H3. The van der Waals surface area contributed by atoms with Gasteiger partial charge in [0.25, 0.3) is 0 Å². The number of aliphatic imine (C=N–C) groups is 1. The number of pyridine rings is 1. The zero-order chi connectivity index (χ0) is 18.8. The molecule has 0 aliphatic rings. The van der Waals surface area contributed by atoms with Gasteiger partial charge in [-0.2, -0.15) is 0 Å². The van der Waals surface area contributed by atoms with Crippen molar-refractivity contribution in [1.29, 1.82) is 0 Å². The van der Waals surface area contributed by atoms with Crippen LogP contribution in [0.25, 0.3) is 22.6 Å². The number of nitrogens with zero attached hydrogens (tertiary/aromatic N) is 6. The van der Waals surface area contributed by atoms with E-state index in [4.69, 9.17) is 16.6 Å². The second-order valence-electron chi connectivity index (χ2n) is 6.13. The Kier molecular flexibility index (Phi) is 4.73. The second-order valence-corrected chi connectivity index (χ2v) is 6.52. The van der Waals surface area contributed by atoms with Gasteiger partial charge in [-0.1, -0.05) is 23.7 Å². The summed E-state index contributed by atoms with van der Waals surface area (Å²) in [7, 11) is 1.77. The van der Waals surface area contributed by atoms with E-state index in [9.17, 15) is 0 Å². The molecule has 0 saturated heterocycles. The van der Waals surface area contributed by atoms with Crippen LogP contribution in [0, 0.1) is 0 Å². The van der Waals surface area contributed by atoms with Crippen LogP contribution in [0.4, 0.5) is 0 Å². The van der Waals surface area contributed by atoms with E-state index < -0.39 is 0 Å². The Labute approximate surface area is 162 Å². The topological polar surface area (TPSA) is 60.9 Å².